The minimum absolute atomic E-state index is 0.438. The van der Waals surface area contributed by atoms with Crippen LogP contribution in [0.1, 0.15) is 37.3 Å². The average Bonchev–Trinajstić information content (AvgIpc) is 2.42. The number of nitrogens with one attached hydrogen (secondary N) is 1. The monoisotopic (exact) mass is 260 g/mol. The molecule has 1 aromatic rings. The summed E-state index contributed by atoms with van der Waals surface area (Å²) in [5, 5.41) is 21.0. The number of nitriles is 1. The molecule has 4 nitrogen and oxygen atoms in total. The number of hydrogen-bond acceptors (Lipinski definition) is 3. The van der Waals surface area contributed by atoms with Crippen molar-refractivity contribution in [2.24, 2.45) is 0 Å². The molecule has 0 spiro atoms. The summed E-state index contributed by atoms with van der Waals surface area (Å²) >= 11 is 0. The molecule has 2 N–H and O–H groups in total. The van der Waals surface area contributed by atoms with Crippen molar-refractivity contribution < 1.29 is 9.90 Å². The Kier molecular flexibility index (Phi) is 6.62. The molecule has 1 aromatic carbocycles. The van der Waals surface area contributed by atoms with Crippen molar-refractivity contribution in [2.45, 2.75) is 38.6 Å². The SMILES string of the molecule is CCCCCN[C@@H](Cc1ccc(C#N)cc1)C(=O)O. The second-order valence-corrected chi connectivity index (χ2v) is 4.56. The molecule has 0 bridgehead atoms. The Hall–Kier alpha value is -1.86. The number of carbonyl (C=O) groups is 1. The van der Waals surface area contributed by atoms with Gasteiger partial charge in [-0.25, -0.2) is 0 Å². The van der Waals surface area contributed by atoms with E-state index in [0.717, 1.165) is 31.4 Å². The molecule has 102 valence electrons. The van der Waals surface area contributed by atoms with Gasteiger partial charge in [0, 0.05) is 0 Å². The molecule has 0 fully saturated rings. The minimum Gasteiger partial charge on any atom is -0.480 e. The maximum Gasteiger partial charge on any atom is 0.321 e. The zero-order chi connectivity index (χ0) is 14.1. The third-order valence-electron chi connectivity index (χ3n) is 2.99. The van der Waals surface area contributed by atoms with E-state index in [2.05, 4.69) is 12.2 Å². The normalized spacial score (nSPS) is 11.8. The number of unbranched alkanes of at least 4 members (excludes halogenated alkanes) is 2. The Morgan fingerprint density at radius 1 is 1.37 bits per heavy atom. The molecule has 0 saturated carbocycles. The highest BCUT2D eigenvalue weighted by molar-refractivity contribution is 5.73. The molecule has 1 atom stereocenters. The molecular formula is C15H20N2O2. The second-order valence-electron chi connectivity index (χ2n) is 4.56. The van der Waals surface area contributed by atoms with Crippen LogP contribution in [-0.2, 0) is 11.2 Å². The molecule has 0 heterocycles. The van der Waals surface area contributed by atoms with Crippen LogP contribution < -0.4 is 5.32 Å². The summed E-state index contributed by atoms with van der Waals surface area (Å²) in [5.74, 6) is -0.833. The molecule has 0 radical (unpaired) electrons. The van der Waals surface area contributed by atoms with Gasteiger partial charge in [-0.1, -0.05) is 31.9 Å². The van der Waals surface area contributed by atoms with Crippen LogP contribution in [0.5, 0.6) is 0 Å². The van der Waals surface area contributed by atoms with Crippen LogP contribution in [0.2, 0.25) is 0 Å². The molecule has 1 rings (SSSR count). The predicted octanol–water partition coefficient (Wildman–Crippen LogP) is 2.33. The summed E-state index contributed by atoms with van der Waals surface area (Å²) in [6.07, 6.45) is 3.66. The van der Waals surface area contributed by atoms with Crippen LogP contribution in [-0.4, -0.2) is 23.7 Å². The van der Waals surface area contributed by atoms with Gasteiger partial charge < -0.3 is 10.4 Å². The Labute approximate surface area is 114 Å². The molecule has 0 amide bonds. The van der Waals surface area contributed by atoms with Crippen molar-refractivity contribution in [3.63, 3.8) is 0 Å². The summed E-state index contributed by atoms with van der Waals surface area (Å²) in [6, 6.07) is 8.52. The van der Waals surface area contributed by atoms with E-state index < -0.39 is 12.0 Å². The van der Waals surface area contributed by atoms with Gasteiger partial charge in [-0.2, -0.15) is 5.26 Å². The number of benzene rings is 1. The fraction of sp³-hybridized carbons (Fsp3) is 0.467. The van der Waals surface area contributed by atoms with Crippen LogP contribution in [0.4, 0.5) is 0 Å². The summed E-state index contributed by atoms with van der Waals surface area (Å²) in [7, 11) is 0. The quantitative estimate of drug-likeness (QED) is 0.704. The molecule has 0 saturated heterocycles. The van der Waals surface area contributed by atoms with Gasteiger partial charge in [0.15, 0.2) is 0 Å². The highest BCUT2D eigenvalue weighted by atomic mass is 16.4. The highest BCUT2D eigenvalue weighted by Crippen LogP contribution is 2.07. The topological polar surface area (TPSA) is 73.1 Å². The van der Waals surface area contributed by atoms with Gasteiger partial charge >= 0.3 is 5.97 Å². The third kappa shape index (κ3) is 5.54. The lowest BCUT2D eigenvalue weighted by molar-refractivity contribution is -0.139. The molecule has 19 heavy (non-hydrogen) atoms. The molecule has 0 aliphatic rings. The van der Waals surface area contributed by atoms with Crippen molar-refractivity contribution in [3.05, 3.63) is 35.4 Å². The van der Waals surface area contributed by atoms with Gasteiger partial charge in [-0.3, -0.25) is 4.79 Å². The number of carboxylic acid groups (broad SMARTS) is 1. The molecule has 0 aliphatic carbocycles. The van der Waals surface area contributed by atoms with Gasteiger partial charge in [-0.15, -0.1) is 0 Å². The largest absolute Gasteiger partial charge is 0.480 e. The third-order valence-corrected chi connectivity index (χ3v) is 2.99. The number of hydrogen-bond donors (Lipinski definition) is 2. The van der Waals surface area contributed by atoms with E-state index in [9.17, 15) is 9.90 Å². The predicted molar refractivity (Wildman–Crippen MR) is 73.8 cm³/mol. The fourth-order valence-electron chi connectivity index (χ4n) is 1.85. The summed E-state index contributed by atoms with van der Waals surface area (Å²) in [4.78, 5) is 11.2. The van der Waals surface area contributed by atoms with Crippen molar-refractivity contribution in [1.29, 1.82) is 5.26 Å². The van der Waals surface area contributed by atoms with E-state index in [-0.39, 0.29) is 0 Å². The Morgan fingerprint density at radius 3 is 2.58 bits per heavy atom. The Bertz CT molecular complexity index is 434. The lowest BCUT2D eigenvalue weighted by atomic mass is 10.0. The number of carboxylic acids is 1. The van der Waals surface area contributed by atoms with Gasteiger partial charge in [0.05, 0.1) is 11.6 Å². The zero-order valence-corrected chi connectivity index (χ0v) is 11.2. The minimum atomic E-state index is -0.833. The highest BCUT2D eigenvalue weighted by Gasteiger charge is 2.16. The van der Waals surface area contributed by atoms with Gasteiger partial charge in [-0.05, 0) is 37.1 Å². The van der Waals surface area contributed by atoms with Gasteiger partial charge in [0.1, 0.15) is 6.04 Å². The number of aliphatic carboxylic acids is 1. The van der Waals surface area contributed by atoms with E-state index in [1.807, 2.05) is 18.2 Å². The van der Waals surface area contributed by atoms with E-state index in [1.165, 1.54) is 0 Å². The first kappa shape index (κ1) is 15.2. The first-order valence-corrected chi connectivity index (χ1v) is 6.62. The maximum absolute atomic E-state index is 11.2. The lowest BCUT2D eigenvalue weighted by Crippen LogP contribution is -2.39. The summed E-state index contributed by atoms with van der Waals surface area (Å²) in [5.41, 5.74) is 1.51. The first-order chi connectivity index (χ1) is 9.17. The summed E-state index contributed by atoms with van der Waals surface area (Å²) < 4.78 is 0. The van der Waals surface area contributed by atoms with Crippen molar-refractivity contribution >= 4 is 5.97 Å². The molecule has 0 unspecified atom stereocenters. The van der Waals surface area contributed by atoms with E-state index in [1.54, 1.807) is 12.1 Å². The van der Waals surface area contributed by atoms with Gasteiger partial charge in [0.2, 0.25) is 0 Å². The standard InChI is InChI=1S/C15H20N2O2/c1-2-3-4-9-17-14(15(18)19)10-12-5-7-13(11-16)8-6-12/h5-8,14,17H,2-4,9-10H2,1H3,(H,18,19)/t14-/m0/s1. The second kappa shape index (κ2) is 8.28. The van der Waals surface area contributed by atoms with Crippen molar-refractivity contribution in [1.82, 2.24) is 5.32 Å². The van der Waals surface area contributed by atoms with Crippen molar-refractivity contribution in [3.8, 4) is 6.07 Å². The average molecular weight is 260 g/mol. The van der Waals surface area contributed by atoms with Crippen LogP contribution in [0, 0.1) is 11.3 Å². The zero-order valence-electron chi connectivity index (χ0n) is 11.2. The van der Waals surface area contributed by atoms with E-state index in [0.29, 0.717) is 12.0 Å². The van der Waals surface area contributed by atoms with E-state index >= 15 is 0 Å². The maximum atomic E-state index is 11.2. The smallest absolute Gasteiger partial charge is 0.321 e. The van der Waals surface area contributed by atoms with Gasteiger partial charge in [0.25, 0.3) is 0 Å². The first-order valence-electron chi connectivity index (χ1n) is 6.62. The molecular weight excluding hydrogens is 240 g/mol. The van der Waals surface area contributed by atoms with Crippen LogP contribution >= 0.6 is 0 Å². The Balaban J connectivity index is 2.52. The molecule has 0 aromatic heterocycles. The number of nitrogens with zero attached hydrogens (tertiary/aromatic N) is 1. The van der Waals surface area contributed by atoms with Crippen LogP contribution in [0.25, 0.3) is 0 Å². The fourth-order valence-corrected chi connectivity index (χ4v) is 1.85. The van der Waals surface area contributed by atoms with Crippen LogP contribution in [0.15, 0.2) is 24.3 Å². The molecule has 4 heteroatoms. The Morgan fingerprint density at radius 2 is 2.05 bits per heavy atom. The lowest BCUT2D eigenvalue weighted by Gasteiger charge is -2.14. The van der Waals surface area contributed by atoms with Crippen molar-refractivity contribution in [2.75, 3.05) is 6.54 Å². The molecule has 0 aliphatic heterocycles. The van der Waals surface area contributed by atoms with Crippen LogP contribution in [0.3, 0.4) is 0 Å². The van der Waals surface area contributed by atoms with E-state index in [4.69, 9.17) is 5.26 Å². The summed E-state index contributed by atoms with van der Waals surface area (Å²) in [6.45, 7) is 2.84. The number of rotatable bonds is 8.